The van der Waals surface area contributed by atoms with Gasteiger partial charge in [-0.25, -0.2) is 0 Å². The molecule has 2 heterocycles. The number of thioether (sulfide) groups is 1. The van der Waals surface area contributed by atoms with Gasteiger partial charge in [0.05, 0.1) is 22.7 Å². The number of furan rings is 1. The van der Waals surface area contributed by atoms with Gasteiger partial charge in [-0.05, 0) is 54.6 Å². The molecule has 2 aromatic carbocycles. The van der Waals surface area contributed by atoms with E-state index in [4.69, 9.17) is 27.6 Å². The predicted octanol–water partition coefficient (Wildman–Crippen LogP) is 5.28. The molecule has 0 radical (unpaired) electrons. The molecule has 1 saturated heterocycles. The van der Waals surface area contributed by atoms with Gasteiger partial charge in [0, 0.05) is 41.8 Å². The number of hydrogen-bond acceptors (Lipinski definition) is 5. The van der Waals surface area contributed by atoms with Crippen molar-refractivity contribution in [2.24, 2.45) is 0 Å². The average Bonchev–Trinajstić information content (AvgIpc) is 3.34. The van der Waals surface area contributed by atoms with Crippen LogP contribution in [0.5, 0.6) is 0 Å². The summed E-state index contributed by atoms with van der Waals surface area (Å²) in [6.07, 6.45) is 1.50. The van der Waals surface area contributed by atoms with Crippen LogP contribution >= 0.6 is 35.0 Å². The zero-order valence-electron chi connectivity index (χ0n) is 17.1. The van der Waals surface area contributed by atoms with Crippen molar-refractivity contribution in [3.8, 4) is 0 Å². The van der Waals surface area contributed by atoms with Crippen LogP contribution in [-0.2, 0) is 4.79 Å². The highest BCUT2D eigenvalue weighted by Gasteiger charge is 2.24. The summed E-state index contributed by atoms with van der Waals surface area (Å²) in [6.45, 7) is 2.48. The molecule has 166 valence electrons. The Bertz CT molecular complexity index is 1080. The predicted molar refractivity (Wildman–Crippen MR) is 129 cm³/mol. The fourth-order valence-electron chi connectivity index (χ4n) is 3.42. The van der Waals surface area contributed by atoms with Gasteiger partial charge in [-0.3, -0.25) is 9.59 Å². The van der Waals surface area contributed by atoms with Crippen LogP contribution in [0.3, 0.4) is 0 Å². The lowest BCUT2D eigenvalue weighted by Gasteiger charge is -2.36. The molecular formula is C23H21Cl2N3O3S. The molecule has 2 amide bonds. The monoisotopic (exact) mass is 489 g/mol. The third kappa shape index (κ3) is 5.59. The Balaban J connectivity index is 1.30. The van der Waals surface area contributed by atoms with Gasteiger partial charge in [-0.15, -0.1) is 11.8 Å². The minimum absolute atomic E-state index is 0.102. The Morgan fingerprint density at radius 3 is 2.41 bits per heavy atom. The second-order valence-electron chi connectivity index (χ2n) is 7.21. The molecule has 3 aromatic rings. The summed E-state index contributed by atoms with van der Waals surface area (Å²) in [5.41, 5.74) is 1.53. The minimum Gasteiger partial charge on any atom is -0.459 e. The fraction of sp³-hybridized carbons (Fsp3) is 0.217. The van der Waals surface area contributed by atoms with E-state index < -0.39 is 0 Å². The number of amides is 2. The van der Waals surface area contributed by atoms with Crippen molar-refractivity contribution in [1.29, 1.82) is 0 Å². The highest BCUT2D eigenvalue weighted by Crippen LogP contribution is 2.30. The Kier molecular flexibility index (Phi) is 7.29. The summed E-state index contributed by atoms with van der Waals surface area (Å²) in [7, 11) is 0. The van der Waals surface area contributed by atoms with Crippen molar-refractivity contribution in [1.82, 2.24) is 4.90 Å². The van der Waals surface area contributed by atoms with Gasteiger partial charge in [0.15, 0.2) is 5.76 Å². The largest absolute Gasteiger partial charge is 0.459 e. The Labute approximate surface area is 200 Å². The standard InChI is InChI=1S/C23H21Cl2N3O3S/c24-16-3-6-18(7-4-16)32-15-22(29)26-17-5-8-20(19(25)14-17)27-9-11-28(12-10-27)23(30)21-2-1-13-31-21/h1-8,13-14H,9-12,15H2,(H,26,29). The van der Waals surface area contributed by atoms with E-state index in [9.17, 15) is 9.59 Å². The summed E-state index contributed by atoms with van der Waals surface area (Å²) in [4.78, 5) is 29.6. The molecule has 0 saturated carbocycles. The third-order valence-corrected chi connectivity index (χ3v) is 6.62. The molecule has 6 nitrogen and oxygen atoms in total. The smallest absolute Gasteiger partial charge is 0.289 e. The number of nitrogens with one attached hydrogen (secondary N) is 1. The first-order valence-electron chi connectivity index (χ1n) is 10.0. The van der Waals surface area contributed by atoms with Gasteiger partial charge in [0.2, 0.25) is 5.91 Å². The van der Waals surface area contributed by atoms with Crippen LogP contribution in [0.15, 0.2) is 70.2 Å². The zero-order chi connectivity index (χ0) is 22.5. The fourth-order valence-corrected chi connectivity index (χ4v) is 4.55. The Hall–Kier alpha value is -2.61. The van der Waals surface area contributed by atoms with Crippen LogP contribution < -0.4 is 10.2 Å². The lowest BCUT2D eigenvalue weighted by molar-refractivity contribution is -0.113. The van der Waals surface area contributed by atoms with Crippen LogP contribution in [0.1, 0.15) is 10.6 Å². The second-order valence-corrected chi connectivity index (χ2v) is 9.11. The number of benzene rings is 2. The molecule has 0 aliphatic carbocycles. The number of halogens is 2. The maximum Gasteiger partial charge on any atom is 0.289 e. The number of nitrogens with zero attached hydrogens (tertiary/aromatic N) is 2. The van der Waals surface area contributed by atoms with E-state index >= 15 is 0 Å². The number of piperazine rings is 1. The van der Waals surface area contributed by atoms with Crippen molar-refractivity contribution < 1.29 is 14.0 Å². The topological polar surface area (TPSA) is 65.8 Å². The second kappa shape index (κ2) is 10.3. The molecule has 1 aromatic heterocycles. The van der Waals surface area contributed by atoms with Gasteiger partial charge in [-0.2, -0.15) is 0 Å². The van der Waals surface area contributed by atoms with Crippen LogP contribution in [0.4, 0.5) is 11.4 Å². The number of anilines is 2. The molecule has 0 spiro atoms. The van der Waals surface area contributed by atoms with Crippen molar-refractivity contribution in [2.45, 2.75) is 4.90 Å². The molecule has 32 heavy (non-hydrogen) atoms. The Morgan fingerprint density at radius 2 is 1.75 bits per heavy atom. The lowest BCUT2D eigenvalue weighted by Crippen LogP contribution is -2.48. The first-order chi connectivity index (χ1) is 15.5. The van der Waals surface area contributed by atoms with E-state index in [1.807, 2.05) is 24.3 Å². The first-order valence-corrected chi connectivity index (χ1v) is 11.8. The first kappa shape index (κ1) is 22.6. The quantitative estimate of drug-likeness (QED) is 0.477. The highest BCUT2D eigenvalue weighted by molar-refractivity contribution is 8.00. The zero-order valence-corrected chi connectivity index (χ0v) is 19.4. The molecule has 0 bridgehead atoms. The molecule has 1 aliphatic rings. The average molecular weight is 490 g/mol. The maximum atomic E-state index is 12.4. The van der Waals surface area contributed by atoms with Crippen LogP contribution in [0, 0.1) is 0 Å². The van der Waals surface area contributed by atoms with E-state index in [0.29, 0.717) is 47.7 Å². The molecule has 0 atom stereocenters. The van der Waals surface area contributed by atoms with E-state index in [1.165, 1.54) is 18.0 Å². The van der Waals surface area contributed by atoms with E-state index in [-0.39, 0.29) is 17.6 Å². The van der Waals surface area contributed by atoms with Crippen molar-refractivity contribution in [2.75, 3.05) is 42.1 Å². The summed E-state index contributed by atoms with van der Waals surface area (Å²) in [5, 5.41) is 4.10. The molecular weight excluding hydrogens is 469 g/mol. The van der Waals surface area contributed by atoms with Crippen molar-refractivity contribution >= 4 is 58.2 Å². The van der Waals surface area contributed by atoms with Crippen molar-refractivity contribution in [3.05, 3.63) is 76.7 Å². The van der Waals surface area contributed by atoms with Crippen LogP contribution in [-0.4, -0.2) is 48.6 Å². The number of rotatable bonds is 6. The van der Waals surface area contributed by atoms with Gasteiger partial charge in [0.1, 0.15) is 0 Å². The molecule has 0 unspecified atom stereocenters. The van der Waals surface area contributed by atoms with Gasteiger partial charge >= 0.3 is 0 Å². The summed E-state index contributed by atoms with van der Waals surface area (Å²) >= 11 is 13.8. The van der Waals surface area contributed by atoms with Crippen LogP contribution in [0.25, 0.3) is 0 Å². The summed E-state index contributed by atoms with van der Waals surface area (Å²) < 4.78 is 5.20. The molecule has 1 fully saturated rings. The van der Waals surface area contributed by atoms with Gasteiger partial charge < -0.3 is 19.5 Å². The Morgan fingerprint density at radius 1 is 1.00 bits per heavy atom. The maximum absolute atomic E-state index is 12.4. The SMILES string of the molecule is O=C(CSc1ccc(Cl)cc1)Nc1ccc(N2CCN(C(=O)c3ccco3)CC2)c(Cl)c1. The highest BCUT2D eigenvalue weighted by atomic mass is 35.5. The molecule has 9 heteroatoms. The third-order valence-electron chi connectivity index (χ3n) is 5.05. The van der Waals surface area contributed by atoms with Gasteiger partial charge in [0.25, 0.3) is 5.91 Å². The lowest BCUT2D eigenvalue weighted by atomic mass is 10.2. The number of hydrogen-bond donors (Lipinski definition) is 1. The van der Waals surface area contributed by atoms with Crippen molar-refractivity contribution in [3.63, 3.8) is 0 Å². The number of carbonyl (C=O) groups is 2. The minimum atomic E-state index is -0.112. The molecule has 1 N–H and O–H groups in total. The summed E-state index contributed by atoms with van der Waals surface area (Å²) in [5.74, 6) is 0.423. The van der Waals surface area contributed by atoms with E-state index in [2.05, 4.69) is 10.2 Å². The molecule has 1 aliphatic heterocycles. The summed E-state index contributed by atoms with van der Waals surface area (Å²) in [6, 6.07) is 16.2. The van der Waals surface area contributed by atoms with E-state index in [1.54, 1.807) is 35.2 Å². The van der Waals surface area contributed by atoms with Crippen LogP contribution in [0.2, 0.25) is 10.0 Å². The normalized spacial score (nSPS) is 13.8. The van der Waals surface area contributed by atoms with E-state index in [0.717, 1.165) is 10.6 Å². The molecule has 4 rings (SSSR count). The van der Waals surface area contributed by atoms with Gasteiger partial charge in [-0.1, -0.05) is 23.2 Å². The number of carbonyl (C=O) groups excluding carboxylic acids is 2.